The lowest BCUT2D eigenvalue weighted by Gasteiger charge is -2.40. The molecule has 5 heterocycles. The van der Waals surface area contributed by atoms with Crippen molar-refractivity contribution in [1.82, 2.24) is 19.9 Å². The molecule has 1 aliphatic carbocycles. The van der Waals surface area contributed by atoms with Gasteiger partial charge in [-0.15, -0.1) is 0 Å². The second-order valence-corrected chi connectivity index (χ2v) is 12.3. The van der Waals surface area contributed by atoms with Crippen LogP contribution in [0.2, 0.25) is 0 Å². The summed E-state index contributed by atoms with van der Waals surface area (Å²) < 4.78 is 44.2. The average Bonchev–Trinajstić information content (AvgIpc) is 3.83. The highest BCUT2D eigenvalue weighted by Gasteiger charge is 2.69. The first kappa shape index (κ1) is 28.6. The van der Waals surface area contributed by atoms with Gasteiger partial charge in [-0.2, -0.15) is 13.2 Å². The average molecular weight is 619 g/mol. The van der Waals surface area contributed by atoms with E-state index in [0.29, 0.717) is 11.4 Å². The van der Waals surface area contributed by atoms with Crippen molar-refractivity contribution in [2.45, 2.75) is 43.8 Å². The van der Waals surface area contributed by atoms with Gasteiger partial charge in [-0.25, -0.2) is 4.98 Å². The number of carbonyl (C=O) groups excluding carboxylic acids is 2. The van der Waals surface area contributed by atoms with Crippen LogP contribution in [0.15, 0.2) is 67.3 Å². The Morgan fingerprint density at radius 1 is 1.00 bits per heavy atom. The Balaban J connectivity index is 1.22. The standard InChI is InChI=1S/C32H29F3N6O2S/c1-44-39-26-7-6-21(17-38-26)27-22-5-3-2-4-20(22)16-37-24(27)19-41-25-18-36-13-8-23(25)30(28(41)42)11-14-40(15-12-30)29(43)31(9-10-31)32(33,34)35/h2-8,13,16-18H,9-12,14-15,19H2,1H3,(H,38,39). The smallest absolute Gasteiger partial charge is 0.342 e. The summed E-state index contributed by atoms with van der Waals surface area (Å²) in [5, 5.41) is 1.93. The van der Waals surface area contributed by atoms with E-state index in [2.05, 4.69) is 14.7 Å². The van der Waals surface area contributed by atoms with Gasteiger partial charge in [0.05, 0.1) is 29.5 Å². The third kappa shape index (κ3) is 4.41. The minimum absolute atomic E-state index is 0.0829. The third-order valence-corrected chi connectivity index (χ3v) is 9.73. The number of hydrogen-bond acceptors (Lipinski definition) is 7. The molecule has 1 aromatic carbocycles. The van der Waals surface area contributed by atoms with Gasteiger partial charge in [0.15, 0.2) is 0 Å². The number of anilines is 2. The Morgan fingerprint density at radius 2 is 1.77 bits per heavy atom. The number of aromatic nitrogens is 3. The maximum Gasteiger partial charge on any atom is 0.403 e. The van der Waals surface area contributed by atoms with Gasteiger partial charge in [-0.1, -0.05) is 36.2 Å². The van der Waals surface area contributed by atoms with Gasteiger partial charge in [-0.05, 0) is 54.8 Å². The predicted octanol–water partition coefficient (Wildman–Crippen LogP) is 6.13. The van der Waals surface area contributed by atoms with E-state index in [1.54, 1.807) is 29.7 Å². The normalized spacial score (nSPS) is 18.5. The summed E-state index contributed by atoms with van der Waals surface area (Å²) in [6.07, 6.45) is 4.36. The van der Waals surface area contributed by atoms with E-state index in [4.69, 9.17) is 4.98 Å². The Morgan fingerprint density at radius 3 is 2.45 bits per heavy atom. The van der Waals surface area contributed by atoms with E-state index in [0.717, 1.165) is 33.3 Å². The fourth-order valence-electron chi connectivity index (χ4n) is 6.77. The van der Waals surface area contributed by atoms with Crippen molar-refractivity contribution in [3.05, 3.63) is 78.5 Å². The number of nitrogens with zero attached hydrogens (tertiary/aromatic N) is 5. The number of carbonyl (C=O) groups is 2. The number of pyridine rings is 3. The zero-order valence-corrected chi connectivity index (χ0v) is 24.7. The molecule has 2 fully saturated rings. The maximum atomic E-state index is 14.4. The Labute approximate surface area is 256 Å². The Hall–Kier alpha value is -4.19. The fraction of sp³-hybridized carbons (Fsp3) is 0.344. The molecule has 44 heavy (non-hydrogen) atoms. The summed E-state index contributed by atoms with van der Waals surface area (Å²) in [5.41, 5.74) is 0.643. The molecule has 12 heteroatoms. The summed E-state index contributed by atoms with van der Waals surface area (Å²) in [6.45, 7) is 0.337. The highest BCUT2D eigenvalue weighted by molar-refractivity contribution is 7.99. The number of fused-ring (bicyclic) bond motifs is 3. The van der Waals surface area contributed by atoms with E-state index in [1.165, 1.54) is 16.8 Å². The maximum absolute atomic E-state index is 14.4. The number of hydrogen-bond donors (Lipinski definition) is 1. The van der Waals surface area contributed by atoms with Gasteiger partial charge < -0.3 is 14.5 Å². The summed E-state index contributed by atoms with van der Waals surface area (Å²) in [5.74, 6) is -0.294. The van der Waals surface area contributed by atoms with Crippen molar-refractivity contribution in [3.8, 4) is 11.1 Å². The molecule has 2 amide bonds. The van der Waals surface area contributed by atoms with Gasteiger partial charge in [0.1, 0.15) is 11.2 Å². The van der Waals surface area contributed by atoms with Crippen LogP contribution in [0.1, 0.15) is 36.9 Å². The van der Waals surface area contributed by atoms with Gasteiger partial charge in [0.25, 0.3) is 0 Å². The molecule has 3 aromatic heterocycles. The van der Waals surface area contributed by atoms with Gasteiger partial charge in [0, 0.05) is 54.4 Å². The molecule has 1 spiro atoms. The number of halogens is 3. The van der Waals surface area contributed by atoms with Crippen molar-refractivity contribution >= 4 is 46.0 Å². The molecule has 0 radical (unpaired) electrons. The zero-order valence-electron chi connectivity index (χ0n) is 23.9. The zero-order chi connectivity index (χ0) is 30.7. The molecular formula is C32H29F3N6O2S. The summed E-state index contributed by atoms with van der Waals surface area (Å²) in [6, 6.07) is 13.6. The predicted molar refractivity (Wildman–Crippen MR) is 163 cm³/mol. The quantitative estimate of drug-likeness (QED) is 0.260. The summed E-state index contributed by atoms with van der Waals surface area (Å²) in [4.78, 5) is 44.0. The largest absolute Gasteiger partial charge is 0.403 e. The third-order valence-electron chi connectivity index (χ3n) is 9.31. The van der Waals surface area contributed by atoms with Crippen LogP contribution in [-0.4, -0.2) is 57.2 Å². The monoisotopic (exact) mass is 618 g/mol. The number of rotatable bonds is 6. The van der Waals surface area contributed by atoms with Crippen LogP contribution in [-0.2, 0) is 21.5 Å². The van der Waals surface area contributed by atoms with Crippen LogP contribution in [0.4, 0.5) is 24.7 Å². The molecule has 0 bridgehead atoms. The van der Waals surface area contributed by atoms with E-state index < -0.39 is 22.9 Å². The molecule has 7 rings (SSSR count). The highest BCUT2D eigenvalue weighted by Crippen LogP contribution is 2.59. The molecular weight excluding hydrogens is 589 g/mol. The van der Waals surface area contributed by atoms with E-state index in [-0.39, 0.29) is 51.2 Å². The second kappa shape index (κ2) is 10.5. The lowest BCUT2D eigenvalue weighted by atomic mass is 9.73. The van der Waals surface area contributed by atoms with Gasteiger partial charge >= 0.3 is 6.18 Å². The lowest BCUT2D eigenvalue weighted by Crippen LogP contribution is -2.53. The first-order chi connectivity index (χ1) is 21.2. The van der Waals surface area contributed by atoms with Crippen LogP contribution in [0.5, 0.6) is 0 Å². The van der Waals surface area contributed by atoms with Crippen LogP contribution < -0.4 is 9.62 Å². The minimum Gasteiger partial charge on any atom is -0.342 e. The number of amides is 2. The molecule has 4 aromatic rings. The number of alkyl halides is 3. The van der Waals surface area contributed by atoms with Crippen molar-refractivity contribution in [3.63, 3.8) is 0 Å². The summed E-state index contributed by atoms with van der Waals surface area (Å²) >= 11 is 1.45. The van der Waals surface area contributed by atoms with Gasteiger partial charge in [0.2, 0.25) is 11.8 Å². The van der Waals surface area contributed by atoms with Crippen LogP contribution >= 0.6 is 11.9 Å². The number of nitrogens with one attached hydrogen (secondary N) is 1. The Bertz CT molecular complexity index is 1770. The molecule has 2 aliphatic heterocycles. The van der Waals surface area contributed by atoms with E-state index in [9.17, 15) is 22.8 Å². The molecule has 3 aliphatic rings. The topological polar surface area (TPSA) is 91.3 Å². The highest BCUT2D eigenvalue weighted by atomic mass is 32.2. The van der Waals surface area contributed by atoms with Crippen molar-refractivity contribution in [1.29, 1.82) is 0 Å². The first-order valence-corrected chi connectivity index (χ1v) is 15.7. The molecule has 1 saturated carbocycles. The molecule has 226 valence electrons. The fourth-order valence-corrected chi connectivity index (χ4v) is 7.10. The molecule has 1 N–H and O–H groups in total. The van der Waals surface area contributed by atoms with Crippen molar-refractivity contribution in [2.24, 2.45) is 5.41 Å². The van der Waals surface area contributed by atoms with Crippen LogP contribution in [0.25, 0.3) is 21.9 Å². The minimum atomic E-state index is -4.57. The van der Waals surface area contributed by atoms with Crippen molar-refractivity contribution in [2.75, 3.05) is 29.0 Å². The van der Waals surface area contributed by atoms with E-state index in [1.807, 2.05) is 48.7 Å². The number of piperidine rings is 1. The van der Waals surface area contributed by atoms with Crippen molar-refractivity contribution < 1.29 is 22.8 Å². The second-order valence-electron chi connectivity index (χ2n) is 11.6. The summed E-state index contributed by atoms with van der Waals surface area (Å²) in [7, 11) is 0. The lowest BCUT2D eigenvalue weighted by molar-refractivity contribution is -0.199. The number of likely N-dealkylation sites (tertiary alicyclic amines) is 1. The Kier molecular flexibility index (Phi) is 6.80. The molecule has 0 atom stereocenters. The molecule has 0 unspecified atom stereocenters. The molecule has 8 nitrogen and oxygen atoms in total. The molecule has 1 saturated heterocycles. The van der Waals surface area contributed by atoms with Crippen LogP contribution in [0, 0.1) is 5.41 Å². The van der Waals surface area contributed by atoms with Gasteiger partial charge in [-0.3, -0.25) is 19.6 Å². The number of benzene rings is 1. The first-order valence-electron chi connectivity index (χ1n) is 14.4. The SMILES string of the molecule is CSNc1ccc(-c2c(CN3C(=O)C4(CCN(C(=O)C5(C(F)(F)F)CC5)CC4)c4ccncc43)ncc3ccccc23)cn1. The van der Waals surface area contributed by atoms with Crippen LogP contribution in [0.3, 0.4) is 0 Å². The van der Waals surface area contributed by atoms with E-state index >= 15 is 0 Å².